The second kappa shape index (κ2) is 10.7. The molecular formula is C23H22FN3O5S2. The van der Waals surface area contributed by atoms with Gasteiger partial charge < -0.3 is 5.11 Å². The van der Waals surface area contributed by atoms with Crippen molar-refractivity contribution in [1.29, 1.82) is 0 Å². The predicted octanol–water partition coefficient (Wildman–Crippen LogP) is 4.67. The predicted molar refractivity (Wildman–Crippen MR) is 127 cm³/mol. The van der Waals surface area contributed by atoms with Crippen LogP contribution in [0.2, 0.25) is 0 Å². The fraction of sp³-hybridized carbons (Fsp3) is 0.348. The third-order valence-electron chi connectivity index (χ3n) is 5.79. The molecule has 1 N–H and O–H groups in total. The fourth-order valence-electron chi connectivity index (χ4n) is 4.02. The first-order valence-corrected chi connectivity index (χ1v) is 12.9. The summed E-state index contributed by atoms with van der Waals surface area (Å²) in [7, 11) is 2.43. The van der Waals surface area contributed by atoms with Crippen LogP contribution in [0.15, 0.2) is 59.3 Å². The summed E-state index contributed by atoms with van der Waals surface area (Å²) in [5.74, 6) is -1.71. The number of carbonyl (C=O) groups is 2. The average molecular weight is 504 g/mol. The lowest BCUT2D eigenvalue weighted by Crippen LogP contribution is -2.43. The zero-order valence-electron chi connectivity index (χ0n) is 18.0. The minimum atomic E-state index is -1.12. The molecule has 0 radical (unpaired) electrons. The van der Waals surface area contributed by atoms with Crippen molar-refractivity contribution in [1.82, 2.24) is 9.88 Å². The van der Waals surface area contributed by atoms with Crippen molar-refractivity contribution in [3.8, 4) is 0 Å². The molecule has 2 unspecified atom stereocenters. The second-order valence-electron chi connectivity index (χ2n) is 8.17. The molecular weight excluding hydrogens is 481 g/mol. The second-order valence-corrected chi connectivity index (χ2v) is 10.6. The number of pyridine rings is 1. The largest absolute Gasteiger partial charge is 0.478 e. The van der Waals surface area contributed by atoms with Crippen molar-refractivity contribution in [2.45, 2.75) is 35.6 Å². The van der Waals surface area contributed by atoms with E-state index in [1.165, 1.54) is 35.2 Å². The van der Waals surface area contributed by atoms with Gasteiger partial charge in [0.05, 0.1) is 11.0 Å². The Balaban J connectivity index is 1.56. The first-order valence-electron chi connectivity index (χ1n) is 10.7. The topological polar surface area (TPSA) is 114 Å². The highest BCUT2D eigenvalue weighted by Crippen LogP contribution is 2.45. The number of carbonyl (C=O) groups excluding carboxylic acids is 1. The first-order chi connectivity index (χ1) is 16.3. The summed E-state index contributed by atoms with van der Waals surface area (Å²) in [6.45, 7) is 0.642. The number of benzene rings is 1. The normalized spacial score (nSPS) is 20.7. The van der Waals surface area contributed by atoms with Gasteiger partial charge in [0.2, 0.25) is 0 Å². The van der Waals surface area contributed by atoms with E-state index in [9.17, 15) is 29.2 Å². The van der Waals surface area contributed by atoms with Gasteiger partial charge in [0.15, 0.2) is 10.8 Å². The van der Waals surface area contributed by atoms with Crippen LogP contribution in [-0.4, -0.2) is 50.0 Å². The molecule has 2 heterocycles. The Labute approximate surface area is 203 Å². The molecule has 1 aliphatic heterocycles. The number of hydrogen-bond acceptors (Lipinski definition) is 8. The quantitative estimate of drug-likeness (QED) is 0.226. The maximum absolute atomic E-state index is 14.7. The Kier molecular flexibility index (Phi) is 7.64. The van der Waals surface area contributed by atoms with Crippen LogP contribution in [0.3, 0.4) is 0 Å². The van der Waals surface area contributed by atoms with Gasteiger partial charge in [-0.1, -0.05) is 29.0 Å². The molecule has 2 atom stereocenters. The molecule has 0 amide bonds. The number of aliphatic carboxylic acids is 1. The van der Waals surface area contributed by atoms with Gasteiger partial charge in [0, 0.05) is 48.2 Å². The van der Waals surface area contributed by atoms with Crippen molar-refractivity contribution in [2.75, 3.05) is 13.1 Å². The molecule has 0 spiro atoms. The summed E-state index contributed by atoms with van der Waals surface area (Å²) in [4.78, 5) is 41.4. The summed E-state index contributed by atoms with van der Waals surface area (Å²) >= 11 is 0. The number of carboxylic acid groups (broad SMARTS) is 1. The van der Waals surface area contributed by atoms with E-state index in [1.807, 2.05) is 4.90 Å². The molecule has 2 aliphatic rings. The molecule has 11 heteroatoms. The number of ketones is 1. The van der Waals surface area contributed by atoms with E-state index >= 15 is 0 Å². The van der Waals surface area contributed by atoms with Gasteiger partial charge in [-0.25, -0.2) is 14.2 Å². The molecule has 0 bridgehead atoms. The molecule has 1 saturated heterocycles. The minimum absolute atomic E-state index is 0.0376. The van der Waals surface area contributed by atoms with Crippen LogP contribution in [-0.2, 0) is 9.59 Å². The van der Waals surface area contributed by atoms with Gasteiger partial charge in [-0.2, -0.15) is 0 Å². The highest BCUT2D eigenvalue weighted by molar-refractivity contribution is 8.77. The molecule has 1 saturated carbocycles. The molecule has 4 rings (SSSR count). The van der Waals surface area contributed by atoms with Crippen LogP contribution < -0.4 is 0 Å². The molecule has 178 valence electrons. The van der Waals surface area contributed by atoms with E-state index in [1.54, 1.807) is 18.2 Å². The van der Waals surface area contributed by atoms with Crippen LogP contribution in [0.5, 0.6) is 0 Å². The number of rotatable bonds is 9. The Morgan fingerprint density at radius 3 is 2.68 bits per heavy atom. The lowest BCUT2D eigenvalue weighted by Gasteiger charge is -2.38. The van der Waals surface area contributed by atoms with Gasteiger partial charge in [0.25, 0.3) is 0 Å². The number of hydrogen-bond donors (Lipinski definition) is 1. The molecule has 8 nitrogen and oxygen atoms in total. The van der Waals surface area contributed by atoms with E-state index in [4.69, 9.17) is 0 Å². The Bertz CT molecular complexity index is 1140. The first kappa shape index (κ1) is 24.4. The van der Waals surface area contributed by atoms with Crippen LogP contribution >= 0.6 is 21.6 Å². The van der Waals surface area contributed by atoms with E-state index < -0.39 is 22.8 Å². The maximum atomic E-state index is 14.7. The highest BCUT2D eigenvalue weighted by Gasteiger charge is 2.41. The van der Waals surface area contributed by atoms with E-state index in [2.05, 4.69) is 4.98 Å². The Morgan fingerprint density at radius 2 is 2.00 bits per heavy atom. The van der Waals surface area contributed by atoms with Crippen LogP contribution in [0, 0.1) is 21.8 Å². The van der Waals surface area contributed by atoms with Crippen molar-refractivity contribution in [3.05, 3.63) is 75.7 Å². The number of carboxylic acids is 1. The summed E-state index contributed by atoms with van der Waals surface area (Å²) in [6.07, 6.45) is 4.66. The van der Waals surface area contributed by atoms with Crippen molar-refractivity contribution < 1.29 is 24.0 Å². The van der Waals surface area contributed by atoms with Crippen LogP contribution in [0.4, 0.5) is 10.1 Å². The third-order valence-corrected chi connectivity index (χ3v) is 8.59. The molecule has 2 aromatic rings. The third kappa shape index (κ3) is 5.65. The molecule has 1 aromatic heterocycles. The number of aromatic nitrogens is 1. The van der Waals surface area contributed by atoms with Gasteiger partial charge in [-0.05, 0) is 47.8 Å². The summed E-state index contributed by atoms with van der Waals surface area (Å²) in [5.41, 5.74) is 0.759. The smallest absolute Gasteiger partial charge is 0.328 e. The Morgan fingerprint density at radius 1 is 1.24 bits per heavy atom. The Hall–Kier alpha value is -2.76. The molecule has 34 heavy (non-hydrogen) atoms. The van der Waals surface area contributed by atoms with Crippen LogP contribution in [0.25, 0.3) is 0 Å². The lowest BCUT2D eigenvalue weighted by atomic mass is 9.93. The van der Waals surface area contributed by atoms with Gasteiger partial charge >= 0.3 is 11.7 Å². The molecule has 1 aliphatic carbocycles. The standard InChI is InChI=1S/C23H22FN3O5S2/c24-17-5-2-1-4-16(17)21(22(30)14-7-8-14)26-11-9-19(15(13-26)12-20(28)29)33-34-23-18(27(31)32)6-3-10-25-23/h1-6,10,12,14,19,21H,7-9,11,13H2,(H,28,29)/b15-12-. The number of piperidine rings is 1. The molecule has 1 aromatic carbocycles. The lowest BCUT2D eigenvalue weighted by molar-refractivity contribution is -0.388. The monoisotopic (exact) mass is 503 g/mol. The van der Waals surface area contributed by atoms with E-state index in [0.717, 1.165) is 29.7 Å². The maximum Gasteiger partial charge on any atom is 0.328 e. The van der Waals surface area contributed by atoms with Gasteiger partial charge in [-0.15, -0.1) is 0 Å². The SMILES string of the molecule is O=C(O)/C=C1/CN(C(C(=O)C2CC2)c2ccccc2F)CCC1SSc1ncccc1[N+](=O)[O-]. The number of likely N-dealkylation sites (tertiary alicyclic amines) is 1. The van der Waals surface area contributed by atoms with E-state index in [0.29, 0.717) is 24.1 Å². The number of nitrogens with zero attached hydrogens (tertiary/aromatic N) is 3. The van der Waals surface area contributed by atoms with Crippen molar-refractivity contribution in [2.24, 2.45) is 5.92 Å². The minimum Gasteiger partial charge on any atom is -0.478 e. The van der Waals surface area contributed by atoms with Crippen LogP contribution in [0.1, 0.15) is 30.9 Å². The van der Waals surface area contributed by atoms with Gasteiger partial charge in [0.1, 0.15) is 5.82 Å². The summed E-state index contributed by atoms with van der Waals surface area (Å²) in [6, 6.07) is 8.28. The average Bonchev–Trinajstić information content (AvgIpc) is 3.65. The highest BCUT2D eigenvalue weighted by atomic mass is 33.1. The number of nitro groups is 1. The summed E-state index contributed by atoms with van der Waals surface area (Å²) < 4.78 is 14.7. The molecule has 2 fully saturated rings. The zero-order chi connectivity index (χ0) is 24.2. The fourth-order valence-corrected chi connectivity index (χ4v) is 6.69. The summed E-state index contributed by atoms with van der Waals surface area (Å²) in [5, 5.41) is 20.7. The van der Waals surface area contributed by atoms with Crippen molar-refractivity contribution in [3.63, 3.8) is 0 Å². The zero-order valence-corrected chi connectivity index (χ0v) is 19.6. The van der Waals surface area contributed by atoms with E-state index in [-0.39, 0.29) is 34.2 Å². The number of halogens is 1. The van der Waals surface area contributed by atoms with Gasteiger partial charge in [-0.3, -0.25) is 19.8 Å². The number of Topliss-reactive ketones (excluding diaryl/α,β-unsaturated/α-hetero) is 1. The van der Waals surface area contributed by atoms with Crippen molar-refractivity contribution >= 4 is 39.0 Å².